The van der Waals surface area contributed by atoms with Gasteiger partial charge in [0.2, 0.25) is 5.91 Å². The number of carbonyl (C=O) groups is 1. The van der Waals surface area contributed by atoms with E-state index >= 15 is 0 Å². The zero-order chi connectivity index (χ0) is 15.6. The molecule has 0 bridgehead atoms. The van der Waals surface area contributed by atoms with E-state index < -0.39 is 6.04 Å². The highest BCUT2D eigenvalue weighted by Gasteiger charge is 2.29. The van der Waals surface area contributed by atoms with Crippen LogP contribution in [0.25, 0.3) is 0 Å². The zero-order valence-corrected chi connectivity index (χ0v) is 13.6. The molecule has 0 spiro atoms. The minimum atomic E-state index is -0.616. The van der Waals surface area contributed by atoms with E-state index in [1.807, 2.05) is 45.0 Å². The molecule has 0 heterocycles. The van der Waals surface area contributed by atoms with Crippen LogP contribution in [0.4, 0.5) is 0 Å². The summed E-state index contributed by atoms with van der Waals surface area (Å²) in [5.74, 6) is -0.122. The minimum absolute atomic E-state index is 0.122. The van der Waals surface area contributed by atoms with Gasteiger partial charge in [-0.3, -0.25) is 4.79 Å². The van der Waals surface area contributed by atoms with Crippen molar-refractivity contribution in [1.29, 1.82) is 0 Å². The molecule has 0 radical (unpaired) electrons. The Balaban J connectivity index is 2.73. The van der Waals surface area contributed by atoms with E-state index in [-0.39, 0.29) is 16.9 Å². The van der Waals surface area contributed by atoms with Gasteiger partial charge in [-0.15, -0.1) is 0 Å². The molecule has 0 aliphatic rings. The quantitative estimate of drug-likeness (QED) is 0.886. The first-order chi connectivity index (χ1) is 9.00. The fraction of sp³-hybridized carbons (Fsp3) is 0.588. The maximum absolute atomic E-state index is 12.3. The van der Waals surface area contributed by atoms with E-state index in [4.69, 9.17) is 5.73 Å². The molecule has 0 aliphatic heterocycles. The topological polar surface area (TPSA) is 55.1 Å². The predicted octanol–water partition coefficient (Wildman–Crippen LogP) is 3.33. The lowest BCUT2D eigenvalue weighted by Gasteiger charge is -2.34. The normalized spacial score (nSPS) is 13.9. The van der Waals surface area contributed by atoms with E-state index in [1.54, 1.807) is 0 Å². The molecule has 112 valence electrons. The number of hydrogen-bond donors (Lipinski definition) is 2. The van der Waals surface area contributed by atoms with Gasteiger partial charge in [0, 0.05) is 5.54 Å². The van der Waals surface area contributed by atoms with Gasteiger partial charge in [0.25, 0.3) is 0 Å². The maximum Gasteiger partial charge on any atom is 0.241 e. The molecule has 0 fully saturated rings. The molecule has 20 heavy (non-hydrogen) atoms. The summed E-state index contributed by atoms with van der Waals surface area (Å²) >= 11 is 0. The monoisotopic (exact) mass is 276 g/mol. The number of hydrogen-bond acceptors (Lipinski definition) is 2. The van der Waals surface area contributed by atoms with E-state index in [0.29, 0.717) is 0 Å². The molecule has 3 heteroatoms. The third-order valence-electron chi connectivity index (χ3n) is 3.15. The highest BCUT2D eigenvalue weighted by molar-refractivity contribution is 5.83. The summed E-state index contributed by atoms with van der Waals surface area (Å²) in [4.78, 5) is 12.3. The second-order valence-electron chi connectivity index (χ2n) is 7.50. The summed E-state index contributed by atoms with van der Waals surface area (Å²) in [7, 11) is 0. The van der Waals surface area contributed by atoms with Gasteiger partial charge in [-0.2, -0.15) is 0 Å². The summed E-state index contributed by atoms with van der Waals surface area (Å²) in [5, 5.41) is 3.06. The smallest absolute Gasteiger partial charge is 0.241 e. The van der Waals surface area contributed by atoms with Crippen LogP contribution in [0.3, 0.4) is 0 Å². The third-order valence-corrected chi connectivity index (χ3v) is 3.15. The highest BCUT2D eigenvalue weighted by Crippen LogP contribution is 2.27. The van der Waals surface area contributed by atoms with Crippen LogP contribution < -0.4 is 11.1 Å². The van der Waals surface area contributed by atoms with Crippen molar-refractivity contribution >= 4 is 5.91 Å². The van der Waals surface area contributed by atoms with Gasteiger partial charge < -0.3 is 11.1 Å². The van der Waals surface area contributed by atoms with E-state index in [1.165, 1.54) is 0 Å². The number of benzene rings is 1. The molecule has 1 atom stereocenters. The zero-order valence-electron chi connectivity index (χ0n) is 13.6. The van der Waals surface area contributed by atoms with Crippen molar-refractivity contribution in [3.8, 4) is 0 Å². The SMILES string of the molecule is Cc1ccc(C(N)C(=O)NC(C)(C)CC(C)(C)C)cc1. The summed E-state index contributed by atoms with van der Waals surface area (Å²) in [6, 6.07) is 7.16. The van der Waals surface area contributed by atoms with Crippen LogP contribution in [0.5, 0.6) is 0 Å². The number of nitrogens with two attached hydrogens (primary N) is 1. The van der Waals surface area contributed by atoms with E-state index in [2.05, 4.69) is 26.1 Å². The van der Waals surface area contributed by atoms with Gasteiger partial charge >= 0.3 is 0 Å². The first-order valence-electron chi connectivity index (χ1n) is 7.14. The predicted molar refractivity (Wildman–Crippen MR) is 84.4 cm³/mol. The van der Waals surface area contributed by atoms with Gasteiger partial charge in [0.05, 0.1) is 0 Å². The summed E-state index contributed by atoms with van der Waals surface area (Å²) in [6.45, 7) is 12.6. The second kappa shape index (κ2) is 5.96. The lowest BCUT2D eigenvalue weighted by atomic mass is 9.81. The first kappa shape index (κ1) is 16.7. The molecule has 0 saturated heterocycles. The Morgan fingerprint density at radius 3 is 2.10 bits per heavy atom. The molecular weight excluding hydrogens is 248 g/mol. The van der Waals surface area contributed by atoms with Crippen molar-refractivity contribution in [1.82, 2.24) is 5.32 Å². The van der Waals surface area contributed by atoms with E-state index in [0.717, 1.165) is 17.5 Å². The Morgan fingerprint density at radius 2 is 1.65 bits per heavy atom. The molecule has 3 nitrogen and oxygen atoms in total. The molecule has 3 N–H and O–H groups in total. The molecule has 0 aliphatic carbocycles. The standard InChI is InChI=1S/C17H28N2O/c1-12-7-9-13(10-8-12)14(18)15(20)19-17(5,6)11-16(2,3)4/h7-10,14H,11,18H2,1-6H3,(H,19,20). The minimum Gasteiger partial charge on any atom is -0.350 e. The Hall–Kier alpha value is -1.35. The Bertz CT molecular complexity index is 455. The number of rotatable bonds is 4. The fourth-order valence-electron chi connectivity index (χ4n) is 2.71. The van der Waals surface area contributed by atoms with Crippen LogP contribution in [0.15, 0.2) is 24.3 Å². The lowest BCUT2D eigenvalue weighted by molar-refractivity contribution is -0.124. The molecule has 1 unspecified atom stereocenters. The number of carbonyl (C=O) groups excluding carboxylic acids is 1. The van der Waals surface area contributed by atoms with Gasteiger partial charge in [-0.25, -0.2) is 0 Å². The van der Waals surface area contributed by atoms with Crippen molar-refractivity contribution in [2.45, 2.75) is 59.5 Å². The Morgan fingerprint density at radius 1 is 1.15 bits per heavy atom. The van der Waals surface area contributed by atoms with Crippen molar-refractivity contribution in [2.24, 2.45) is 11.1 Å². The molecule has 1 rings (SSSR count). The van der Waals surface area contributed by atoms with Crippen LogP contribution in [-0.4, -0.2) is 11.4 Å². The fourth-order valence-corrected chi connectivity index (χ4v) is 2.71. The Kier molecular flexibility index (Phi) is 4.98. The third kappa shape index (κ3) is 5.33. The van der Waals surface area contributed by atoms with E-state index in [9.17, 15) is 4.79 Å². The average molecular weight is 276 g/mol. The van der Waals surface area contributed by atoms with Crippen LogP contribution in [0.2, 0.25) is 0 Å². The van der Waals surface area contributed by atoms with Crippen molar-refractivity contribution in [3.05, 3.63) is 35.4 Å². The van der Waals surface area contributed by atoms with Crippen LogP contribution in [0.1, 0.15) is 58.2 Å². The first-order valence-corrected chi connectivity index (χ1v) is 7.14. The average Bonchev–Trinajstić information content (AvgIpc) is 2.24. The second-order valence-corrected chi connectivity index (χ2v) is 7.50. The molecule has 1 aromatic carbocycles. The molecule has 0 saturated carbocycles. The van der Waals surface area contributed by atoms with Crippen molar-refractivity contribution < 1.29 is 4.79 Å². The number of amides is 1. The summed E-state index contributed by atoms with van der Waals surface area (Å²) in [6.07, 6.45) is 0.895. The van der Waals surface area contributed by atoms with Gasteiger partial charge in [0.1, 0.15) is 6.04 Å². The van der Waals surface area contributed by atoms with Gasteiger partial charge in [-0.05, 0) is 38.2 Å². The van der Waals surface area contributed by atoms with Crippen LogP contribution >= 0.6 is 0 Å². The number of nitrogens with one attached hydrogen (secondary N) is 1. The maximum atomic E-state index is 12.3. The molecular formula is C17H28N2O. The molecule has 1 amide bonds. The number of aryl methyl sites for hydroxylation is 1. The van der Waals surface area contributed by atoms with Crippen molar-refractivity contribution in [3.63, 3.8) is 0 Å². The van der Waals surface area contributed by atoms with Gasteiger partial charge in [0.15, 0.2) is 0 Å². The molecule has 0 aromatic heterocycles. The van der Waals surface area contributed by atoms with Crippen LogP contribution in [-0.2, 0) is 4.79 Å². The van der Waals surface area contributed by atoms with Crippen molar-refractivity contribution in [2.75, 3.05) is 0 Å². The van der Waals surface area contributed by atoms with Gasteiger partial charge in [-0.1, -0.05) is 50.6 Å². The molecule has 1 aromatic rings. The van der Waals surface area contributed by atoms with Crippen LogP contribution in [0, 0.1) is 12.3 Å². The summed E-state index contributed by atoms with van der Waals surface area (Å²) < 4.78 is 0. The lowest BCUT2D eigenvalue weighted by Crippen LogP contribution is -2.49. The highest BCUT2D eigenvalue weighted by atomic mass is 16.2. The largest absolute Gasteiger partial charge is 0.350 e. The Labute approximate surface area is 122 Å². The summed E-state index contributed by atoms with van der Waals surface area (Å²) in [5.41, 5.74) is 7.95.